The van der Waals surface area contributed by atoms with E-state index in [0.29, 0.717) is 19.7 Å². The van der Waals surface area contributed by atoms with Crippen molar-refractivity contribution < 1.29 is 19.4 Å². The number of nitrogens with zero attached hydrogens (tertiary/aromatic N) is 1. The van der Waals surface area contributed by atoms with Crippen molar-refractivity contribution in [3.05, 3.63) is 0 Å². The highest BCUT2D eigenvalue weighted by molar-refractivity contribution is 5.76. The zero-order valence-corrected chi connectivity index (χ0v) is 11.0. The number of ether oxygens (including phenoxy) is 1. The number of carboxylic acid groups (broad SMARTS) is 1. The fourth-order valence-corrected chi connectivity index (χ4v) is 2.12. The van der Waals surface area contributed by atoms with E-state index in [1.165, 1.54) is 0 Å². The third kappa shape index (κ3) is 4.52. The minimum Gasteiger partial charge on any atom is -0.481 e. The lowest BCUT2D eigenvalue weighted by Gasteiger charge is -2.39. The molecule has 1 saturated heterocycles. The molecule has 1 heterocycles. The normalized spacial score (nSPS) is 17.1. The molecule has 0 aromatic heterocycles. The van der Waals surface area contributed by atoms with E-state index in [4.69, 9.17) is 9.84 Å². The Labute approximate surface area is 107 Å². The monoisotopic (exact) mass is 258 g/mol. The lowest BCUT2D eigenvalue weighted by Crippen LogP contribution is -2.56. The first-order valence-electron chi connectivity index (χ1n) is 6.33. The molecule has 1 atom stereocenters. The summed E-state index contributed by atoms with van der Waals surface area (Å²) in [5.74, 6) is -0.705. The molecule has 0 aromatic carbocycles. The van der Waals surface area contributed by atoms with Crippen LogP contribution in [0.3, 0.4) is 0 Å². The molecule has 2 amide bonds. The molecule has 1 rings (SSSR count). The van der Waals surface area contributed by atoms with Crippen LogP contribution in [0, 0.1) is 5.92 Å². The standard InChI is InChI=1S/C12H22N2O4/c1-3-4-10(8-18-2)13-12(17)14-6-9(7-14)5-11(15)16/h9-10H,3-8H2,1-2H3,(H,13,17)(H,15,16). The average molecular weight is 258 g/mol. The van der Waals surface area contributed by atoms with Crippen LogP contribution in [0.4, 0.5) is 4.79 Å². The van der Waals surface area contributed by atoms with Gasteiger partial charge in [-0.25, -0.2) is 4.79 Å². The number of carbonyl (C=O) groups excluding carboxylic acids is 1. The molecular weight excluding hydrogens is 236 g/mol. The molecule has 104 valence electrons. The number of nitrogens with one attached hydrogen (secondary N) is 1. The van der Waals surface area contributed by atoms with Crippen molar-refractivity contribution in [1.82, 2.24) is 10.2 Å². The van der Waals surface area contributed by atoms with Gasteiger partial charge in [0.1, 0.15) is 0 Å². The molecule has 6 nitrogen and oxygen atoms in total. The van der Waals surface area contributed by atoms with Crippen LogP contribution in [0.25, 0.3) is 0 Å². The average Bonchev–Trinajstić information content (AvgIpc) is 2.23. The van der Waals surface area contributed by atoms with E-state index in [1.54, 1.807) is 12.0 Å². The highest BCUT2D eigenvalue weighted by atomic mass is 16.5. The molecule has 0 aromatic rings. The van der Waals surface area contributed by atoms with Gasteiger partial charge in [0.2, 0.25) is 0 Å². The predicted molar refractivity (Wildman–Crippen MR) is 66.4 cm³/mol. The molecule has 1 unspecified atom stereocenters. The largest absolute Gasteiger partial charge is 0.481 e. The summed E-state index contributed by atoms with van der Waals surface area (Å²) in [5.41, 5.74) is 0. The molecule has 6 heteroatoms. The second kappa shape index (κ2) is 7.20. The van der Waals surface area contributed by atoms with Crippen molar-refractivity contribution in [3.8, 4) is 0 Å². The number of amides is 2. The Bertz CT molecular complexity index is 284. The highest BCUT2D eigenvalue weighted by Crippen LogP contribution is 2.19. The van der Waals surface area contributed by atoms with E-state index >= 15 is 0 Å². The Hall–Kier alpha value is -1.30. The first-order valence-corrected chi connectivity index (χ1v) is 6.33. The van der Waals surface area contributed by atoms with Gasteiger partial charge in [-0.2, -0.15) is 0 Å². The van der Waals surface area contributed by atoms with E-state index in [1.807, 2.05) is 0 Å². The summed E-state index contributed by atoms with van der Waals surface area (Å²) in [4.78, 5) is 24.0. The van der Waals surface area contributed by atoms with Gasteiger partial charge in [0.25, 0.3) is 0 Å². The molecule has 1 fully saturated rings. The molecule has 1 aliphatic rings. The number of carboxylic acids is 1. The van der Waals surface area contributed by atoms with Gasteiger partial charge in [0.05, 0.1) is 19.1 Å². The first-order chi connectivity index (χ1) is 8.56. The van der Waals surface area contributed by atoms with Gasteiger partial charge in [-0.15, -0.1) is 0 Å². The van der Waals surface area contributed by atoms with Crippen LogP contribution < -0.4 is 5.32 Å². The van der Waals surface area contributed by atoms with Gasteiger partial charge in [0, 0.05) is 26.1 Å². The van der Waals surface area contributed by atoms with Gasteiger partial charge >= 0.3 is 12.0 Å². The number of hydrogen-bond donors (Lipinski definition) is 2. The van der Waals surface area contributed by atoms with E-state index < -0.39 is 5.97 Å². The summed E-state index contributed by atoms with van der Waals surface area (Å²) in [5, 5.41) is 11.5. The Balaban J connectivity index is 2.27. The van der Waals surface area contributed by atoms with Gasteiger partial charge in [0.15, 0.2) is 0 Å². The maximum absolute atomic E-state index is 11.8. The molecule has 2 N–H and O–H groups in total. The van der Waals surface area contributed by atoms with E-state index in [9.17, 15) is 9.59 Å². The summed E-state index contributed by atoms with van der Waals surface area (Å²) >= 11 is 0. The minimum absolute atomic E-state index is 0.0334. The quantitative estimate of drug-likeness (QED) is 0.711. The number of rotatable bonds is 7. The van der Waals surface area contributed by atoms with Crippen molar-refractivity contribution in [1.29, 1.82) is 0 Å². The zero-order valence-electron chi connectivity index (χ0n) is 11.0. The van der Waals surface area contributed by atoms with E-state index in [-0.39, 0.29) is 24.4 Å². The molecule has 0 aliphatic carbocycles. The van der Waals surface area contributed by atoms with Crippen molar-refractivity contribution >= 4 is 12.0 Å². The third-order valence-electron chi connectivity index (χ3n) is 3.04. The number of likely N-dealkylation sites (tertiary alicyclic amines) is 1. The molecule has 0 saturated carbocycles. The van der Waals surface area contributed by atoms with Crippen molar-refractivity contribution in [2.75, 3.05) is 26.8 Å². The molecule has 18 heavy (non-hydrogen) atoms. The fraction of sp³-hybridized carbons (Fsp3) is 0.833. The lowest BCUT2D eigenvalue weighted by molar-refractivity contribution is -0.139. The van der Waals surface area contributed by atoms with E-state index in [0.717, 1.165) is 12.8 Å². The van der Waals surface area contributed by atoms with Gasteiger partial charge in [-0.3, -0.25) is 4.79 Å². The number of carbonyl (C=O) groups is 2. The molecular formula is C12H22N2O4. The second-order valence-corrected chi connectivity index (χ2v) is 4.76. The van der Waals surface area contributed by atoms with Gasteiger partial charge < -0.3 is 20.1 Å². The summed E-state index contributed by atoms with van der Waals surface area (Å²) in [7, 11) is 1.61. The minimum atomic E-state index is -0.802. The summed E-state index contributed by atoms with van der Waals surface area (Å²) in [6.07, 6.45) is 2.00. The molecule has 0 spiro atoms. The lowest BCUT2D eigenvalue weighted by atomic mass is 9.97. The fourth-order valence-electron chi connectivity index (χ4n) is 2.12. The van der Waals surface area contributed by atoms with Crippen LogP contribution >= 0.6 is 0 Å². The highest BCUT2D eigenvalue weighted by Gasteiger charge is 2.32. The van der Waals surface area contributed by atoms with Crippen LogP contribution in [0.15, 0.2) is 0 Å². The van der Waals surface area contributed by atoms with E-state index in [2.05, 4.69) is 12.2 Å². The third-order valence-corrected chi connectivity index (χ3v) is 3.04. The molecule has 0 radical (unpaired) electrons. The Kier molecular flexibility index (Phi) is 5.91. The topological polar surface area (TPSA) is 78.9 Å². The number of urea groups is 1. The maximum atomic E-state index is 11.8. The summed E-state index contributed by atoms with van der Waals surface area (Å²) in [6.45, 7) is 3.63. The van der Waals surface area contributed by atoms with Crippen LogP contribution in [-0.4, -0.2) is 54.9 Å². The zero-order chi connectivity index (χ0) is 13.5. The van der Waals surface area contributed by atoms with Crippen LogP contribution in [0.1, 0.15) is 26.2 Å². The maximum Gasteiger partial charge on any atom is 0.317 e. The predicted octanol–water partition coefficient (Wildman–Crippen LogP) is 0.918. The van der Waals surface area contributed by atoms with Crippen LogP contribution in [0.2, 0.25) is 0 Å². The molecule has 0 bridgehead atoms. The summed E-state index contributed by atoms with van der Waals surface area (Å²) in [6, 6.07) is -0.0850. The Morgan fingerprint density at radius 1 is 1.50 bits per heavy atom. The van der Waals surface area contributed by atoms with Crippen LogP contribution in [-0.2, 0) is 9.53 Å². The smallest absolute Gasteiger partial charge is 0.317 e. The SMILES string of the molecule is CCCC(COC)NC(=O)N1CC(CC(=O)O)C1. The van der Waals surface area contributed by atoms with Crippen molar-refractivity contribution in [3.63, 3.8) is 0 Å². The molecule has 1 aliphatic heterocycles. The number of hydrogen-bond acceptors (Lipinski definition) is 3. The van der Waals surface area contributed by atoms with Crippen LogP contribution in [0.5, 0.6) is 0 Å². The van der Waals surface area contributed by atoms with Gasteiger partial charge in [-0.1, -0.05) is 13.3 Å². The van der Waals surface area contributed by atoms with Crippen molar-refractivity contribution in [2.45, 2.75) is 32.2 Å². The second-order valence-electron chi connectivity index (χ2n) is 4.76. The number of methoxy groups -OCH3 is 1. The van der Waals surface area contributed by atoms with Gasteiger partial charge in [-0.05, 0) is 6.42 Å². The van der Waals surface area contributed by atoms with Crippen molar-refractivity contribution in [2.24, 2.45) is 5.92 Å². The number of aliphatic carboxylic acids is 1. The Morgan fingerprint density at radius 3 is 2.67 bits per heavy atom. The summed E-state index contributed by atoms with van der Waals surface area (Å²) < 4.78 is 5.05. The Morgan fingerprint density at radius 2 is 2.17 bits per heavy atom. The first kappa shape index (κ1) is 14.8.